The molecule has 3 aromatic carbocycles. The average Bonchev–Trinajstić information content (AvgIpc) is 3.00. The van der Waals surface area contributed by atoms with Gasteiger partial charge in [0, 0.05) is 11.1 Å². The molecule has 1 aromatic heterocycles. The zero-order valence-corrected chi connectivity index (χ0v) is 17.6. The molecule has 0 radical (unpaired) electrons. The minimum Gasteiger partial charge on any atom is -0.493 e. The topological polar surface area (TPSA) is 61.9 Å². The minimum atomic E-state index is 0.0677. The average molecular weight is 415 g/mol. The number of para-hydroxylation sites is 1. The Hall–Kier alpha value is -3.51. The number of anilines is 1. The second kappa shape index (κ2) is 8.47. The first-order chi connectivity index (χ1) is 14.5. The molecule has 0 atom stereocenters. The SMILES string of the molecule is Cc1ccc(NC(=S)N=Nc2c(O)n(Cc3ccccc3)c3ccccc23)c(C)c1. The number of rotatable bonds is 4. The van der Waals surface area contributed by atoms with Crippen LogP contribution >= 0.6 is 12.2 Å². The van der Waals surface area contributed by atoms with Crippen LogP contribution in [0.2, 0.25) is 0 Å². The third-order valence-electron chi connectivity index (χ3n) is 4.97. The van der Waals surface area contributed by atoms with Gasteiger partial charge in [-0.05, 0) is 49.3 Å². The van der Waals surface area contributed by atoms with Gasteiger partial charge in [-0.2, -0.15) is 0 Å². The van der Waals surface area contributed by atoms with Crippen LogP contribution in [0.25, 0.3) is 10.9 Å². The molecule has 1 heterocycles. The summed E-state index contributed by atoms with van der Waals surface area (Å²) in [4.78, 5) is 0. The molecule has 30 heavy (non-hydrogen) atoms. The van der Waals surface area contributed by atoms with E-state index in [2.05, 4.69) is 21.6 Å². The van der Waals surface area contributed by atoms with E-state index in [-0.39, 0.29) is 11.0 Å². The molecule has 5 nitrogen and oxygen atoms in total. The monoisotopic (exact) mass is 414 g/mol. The number of azo groups is 1. The number of hydrogen-bond donors (Lipinski definition) is 2. The molecule has 4 rings (SSSR count). The summed E-state index contributed by atoms with van der Waals surface area (Å²) in [5.41, 5.74) is 5.54. The summed E-state index contributed by atoms with van der Waals surface area (Å²) in [6.07, 6.45) is 0. The van der Waals surface area contributed by atoms with Crippen molar-refractivity contribution < 1.29 is 5.11 Å². The minimum absolute atomic E-state index is 0.0677. The number of aryl methyl sites for hydroxylation is 2. The van der Waals surface area contributed by atoms with Crippen LogP contribution in [0.4, 0.5) is 11.4 Å². The van der Waals surface area contributed by atoms with E-state index < -0.39 is 0 Å². The van der Waals surface area contributed by atoms with Gasteiger partial charge in [0.15, 0.2) is 5.69 Å². The fourth-order valence-corrected chi connectivity index (χ4v) is 3.64. The maximum Gasteiger partial charge on any atom is 0.221 e. The summed E-state index contributed by atoms with van der Waals surface area (Å²) in [6, 6.07) is 23.8. The van der Waals surface area contributed by atoms with Gasteiger partial charge in [0.25, 0.3) is 0 Å². The molecule has 0 amide bonds. The van der Waals surface area contributed by atoms with E-state index in [0.29, 0.717) is 12.2 Å². The summed E-state index contributed by atoms with van der Waals surface area (Å²) in [6.45, 7) is 4.59. The Kier molecular flexibility index (Phi) is 5.59. The van der Waals surface area contributed by atoms with E-state index in [1.165, 1.54) is 5.56 Å². The van der Waals surface area contributed by atoms with Crippen molar-refractivity contribution in [2.45, 2.75) is 20.4 Å². The van der Waals surface area contributed by atoms with Crippen molar-refractivity contribution in [2.75, 3.05) is 5.32 Å². The fourth-order valence-electron chi connectivity index (χ4n) is 3.49. The zero-order chi connectivity index (χ0) is 21.1. The highest BCUT2D eigenvalue weighted by atomic mass is 32.1. The van der Waals surface area contributed by atoms with Gasteiger partial charge in [-0.3, -0.25) is 0 Å². The highest BCUT2D eigenvalue weighted by Gasteiger charge is 2.16. The van der Waals surface area contributed by atoms with Gasteiger partial charge < -0.3 is 15.0 Å². The van der Waals surface area contributed by atoms with Crippen molar-refractivity contribution in [3.05, 3.63) is 89.5 Å². The lowest BCUT2D eigenvalue weighted by atomic mass is 10.1. The Morgan fingerprint density at radius 2 is 1.73 bits per heavy atom. The Balaban J connectivity index is 1.64. The quantitative estimate of drug-likeness (QED) is 0.296. The second-order valence-electron chi connectivity index (χ2n) is 7.21. The number of nitrogens with zero attached hydrogens (tertiary/aromatic N) is 3. The third kappa shape index (κ3) is 4.09. The number of fused-ring (bicyclic) bond motifs is 1. The summed E-state index contributed by atoms with van der Waals surface area (Å²) in [5, 5.41) is 23.5. The van der Waals surface area contributed by atoms with E-state index in [1.807, 2.05) is 85.1 Å². The molecule has 4 aromatic rings. The molecule has 0 saturated heterocycles. The van der Waals surface area contributed by atoms with Gasteiger partial charge in [0.2, 0.25) is 11.0 Å². The van der Waals surface area contributed by atoms with E-state index in [4.69, 9.17) is 12.2 Å². The van der Waals surface area contributed by atoms with E-state index in [1.54, 1.807) is 0 Å². The zero-order valence-electron chi connectivity index (χ0n) is 16.8. The van der Waals surface area contributed by atoms with Crippen LogP contribution in [0.3, 0.4) is 0 Å². The van der Waals surface area contributed by atoms with Gasteiger partial charge in [-0.15, -0.1) is 10.2 Å². The maximum atomic E-state index is 10.9. The molecule has 0 aliphatic rings. The lowest BCUT2D eigenvalue weighted by Crippen LogP contribution is -2.06. The third-order valence-corrected chi connectivity index (χ3v) is 5.15. The van der Waals surface area contributed by atoms with E-state index >= 15 is 0 Å². The molecule has 150 valence electrons. The Morgan fingerprint density at radius 1 is 1.00 bits per heavy atom. The van der Waals surface area contributed by atoms with Gasteiger partial charge in [0.05, 0.1) is 12.1 Å². The van der Waals surface area contributed by atoms with Crippen molar-refractivity contribution in [3.63, 3.8) is 0 Å². The number of nitrogens with one attached hydrogen (secondary N) is 1. The molecule has 0 saturated carbocycles. The highest BCUT2D eigenvalue weighted by Crippen LogP contribution is 2.39. The van der Waals surface area contributed by atoms with Gasteiger partial charge in [-0.1, -0.05) is 66.2 Å². The first-order valence-corrected chi connectivity index (χ1v) is 10.1. The molecule has 0 aliphatic carbocycles. The summed E-state index contributed by atoms with van der Waals surface area (Å²) < 4.78 is 1.83. The number of benzene rings is 3. The lowest BCUT2D eigenvalue weighted by molar-refractivity contribution is 0.429. The molecular weight excluding hydrogens is 392 g/mol. The van der Waals surface area contributed by atoms with Gasteiger partial charge >= 0.3 is 0 Å². The molecule has 0 spiro atoms. The Bertz CT molecular complexity index is 1250. The van der Waals surface area contributed by atoms with Crippen LogP contribution < -0.4 is 5.32 Å². The van der Waals surface area contributed by atoms with Gasteiger partial charge in [0.1, 0.15) is 0 Å². The summed E-state index contributed by atoms with van der Waals surface area (Å²) in [5.74, 6) is 0.0677. The number of thiocarbonyl (C=S) groups is 1. The van der Waals surface area contributed by atoms with Crippen LogP contribution in [-0.2, 0) is 6.54 Å². The van der Waals surface area contributed by atoms with Crippen molar-refractivity contribution in [2.24, 2.45) is 10.2 Å². The number of hydrogen-bond acceptors (Lipinski definition) is 3. The molecule has 2 N–H and O–H groups in total. The second-order valence-corrected chi connectivity index (χ2v) is 7.60. The van der Waals surface area contributed by atoms with Crippen molar-refractivity contribution in [3.8, 4) is 5.88 Å². The van der Waals surface area contributed by atoms with Crippen LogP contribution in [0.1, 0.15) is 16.7 Å². The largest absolute Gasteiger partial charge is 0.493 e. The van der Waals surface area contributed by atoms with E-state index in [0.717, 1.165) is 27.7 Å². The Labute approximate surface area is 180 Å². The molecule has 0 bridgehead atoms. The lowest BCUT2D eigenvalue weighted by Gasteiger charge is -2.08. The first kappa shape index (κ1) is 19.8. The highest BCUT2D eigenvalue weighted by molar-refractivity contribution is 7.80. The molecule has 0 fully saturated rings. The van der Waals surface area contributed by atoms with Crippen molar-refractivity contribution >= 4 is 39.6 Å². The Morgan fingerprint density at radius 3 is 2.50 bits per heavy atom. The number of aromatic nitrogens is 1. The molecule has 0 aliphatic heterocycles. The molecule has 6 heteroatoms. The summed E-state index contributed by atoms with van der Waals surface area (Å²) in [7, 11) is 0. The van der Waals surface area contributed by atoms with Crippen LogP contribution in [0.15, 0.2) is 83.0 Å². The summed E-state index contributed by atoms with van der Waals surface area (Å²) >= 11 is 5.35. The predicted octanol–water partition coefficient (Wildman–Crippen LogP) is 6.49. The molecular formula is C24H22N4OS. The van der Waals surface area contributed by atoms with Crippen molar-refractivity contribution in [1.29, 1.82) is 0 Å². The smallest absolute Gasteiger partial charge is 0.221 e. The predicted molar refractivity (Wildman–Crippen MR) is 126 cm³/mol. The standard InChI is InChI=1S/C24H22N4OS/c1-16-12-13-20(17(2)14-16)25-24(30)27-26-22-19-10-6-7-11-21(19)28(23(22)29)15-18-8-4-3-5-9-18/h3-14,29H,15H2,1-2H3,(H,25,30). The maximum absolute atomic E-state index is 10.9. The fraction of sp³-hybridized carbons (Fsp3) is 0.125. The van der Waals surface area contributed by atoms with Crippen LogP contribution in [0, 0.1) is 13.8 Å². The van der Waals surface area contributed by atoms with Crippen LogP contribution in [0.5, 0.6) is 5.88 Å². The normalized spacial score (nSPS) is 11.3. The number of aromatic hydroxyl groups is 1. The van der Waals surface area contributed by atoms with E-state index in [9.17, 15) is 5.11 Å². The van der Waals surface area contributed by atoms with Crippen molar-refractivity contribution in [1.82, 2.24) is 4.57 Å². The molecule has 0 unspecified atom stereocenters. The first-order valence-electron chi connectivity index (χ1n) is 9.67. The van der Waals surface area contributed by atoms with Crippen LogP contribution in [-0.4, -0.2) is 14.8 Å². The van der Waals surface area contributed by atoms with Gasteiger partial charge in [-0.25, -0.2) is 0 Å².